The Balaban J connectivity index is 1.30. The van der Waals surface area contributed by atoms with E-state index < -0.39 is 0 Å². The first kappa shape index (κ1) is 31.4. The van der Waals surface area contributed by atoms with E-state index in [4.69, 9.17) is 9.72 Å². The smallest absolute Gasteiger partial charge is 0.269 e. The predicted octanol–water partition coefficient (Wildman–Crippen LogP) is 10.4. The van der Waals surface area contributed by atoms with Crippen LogP contribution in [0.1, 0.15) is 69.5 Å². The molecule has 0 aliphatic carbocycles. The Labute approximate surface area is 284 Å². The van der Waals surface area contributed by atoms with Crippen LogP contribution in [0.3, 0.4) is 0 Å². The average Bonchev–Trinajstić information content (AvgIpc) is 3.64. The molecule has 7 aromatic rings. The van der Waals surface area contributed by atoms with Crippen LogP contribution in [-0.2, 0) is 10.8 Å². The van der Waals surface area contributed by atoms with Gasteiger partial charge in [-0.2, -0.15) is 0 Å². The van der Waals surface area contributed by atoms with E-state index >= 15 is 0 Å². The van der Waals surface area contributed by atoms with Gasteiger partial charge in [-0.1, -0.05) is 71.9 Å². The second-order valence-corrected chi connectivity index (χ2v) is 15.0. The Morgan fingerprint density at radius 2 is 1.44 bits per heavy atom. The lowest BCUT2D eigenvalue weighted by Gasteiger charge is -2.21. The van der Waals surface area contributed by atoms with Crippen molar-refractivity contribution >= 4 is 21.8 Å². The number of aromatic nitrogens is 4. The van der Waals surface area contributed by atoms with Crippen LogP contribution in [0.4, 0.5) is 0 Å². The summed E-state index contributed by atoms with van der Waals surface area (Å²) in [5, 5.41) is 2.35. The Morgan fingerprint density at radius 1 is 0.688 bits per heavy atom. The van der Waals surface area contributed by atoms with Gasteiger partial charge in [-0.05, 0) is 108 Å². The van der Waals surface area contributed by atoms with E-state index in [9.17, 15) is 0 Å². The monoisotopic (exact) mass is 632 g/mol. The number of ether oxygens (including phenoxy) is 1. The molecule has 48 heavy (non-hydrogen) atoms. The van der Waals surface area contributed by atoms with Gasteiger partial charge in [0, 0.05) is 29.2 Å². The summed E-state index contributed by atoms with van der Waals surface area (Å²) >= 11 is 0. The zero-order chi connectivity index (χ0) is 34.0. The minimum absolute atomic E-state index is 0.0108. The Bertz CT molecular complexity index is 2320. The summed E-state index contributed by atoms with van der Waals surface area (Å²) in [6.45, 7) is 20.0. The maximum absolute atomic E-state index is 6.61. The van der Waals surface area contributed by atoms with Crippen LogP contribution >= 0.6 is 0 Å². The van der Waals surface area contributed by atoms with E-state index in [-0.39, 0.29) is 10.8 Å². The Morgan fingerprint density at radius 3 is 2.21 bits per heavy atom. The molecule has 0 amide bonds. The lowest BCUT2D eigenvalue weighted by molar-refractivity contribution is -0.600. The van der Waals surface area contributed by atoms with E-state index in [1.165, 1.54) is 27.6 Å². The third kappa shape index (κ3) is 5.57. The molecule has 0 spiro atoms. The molecule has 5 nitrogen and oxygen atoms in total. The lowest BCUT2D eigenvalue weighted by atomic mass is 9.88. The van der Waals surface area contributed by atoms with Crippen molar-refractivity contribution in [2.45, 2.75) is 73.1 Å². The van der Waals surface area contributed by atoms with Crippen LogP contribution in [0.15, 0.2) is 103 Å². The summed E-state index contributed by atoms with van der Waals surface area (Å²) in [6, 6.07) is 31.8. The molecule has 0 saturated carbocycles. The quantitative estimate of drug-likeness (QED) is 0.140. The lowest BCUT2D eigenvalue weighted by Crippen LogP contribution is -2.30. The maximum atomic E-state index is 6.61. The number of para-hydroxylation sites is 1. The molecule has 7 rings (SSSR count). The van der Waals surface area contributed by atoms with E-state index in [2.05, 4.69) is 167 Å². The van der Waals surface area contributed by atoms with Crippen molar-refractivity contribution in [1.82, 2.24) is 14.1 Å². The van der Waals surface area contributed by atoms with Crippen molar-refractivity contribution in [3.05, 3.63) is 138 Å². The van der Waals surface area contributed by atoms with Crippen LogP contribution in [0.25, 0.3) is 39.0 Å². The van der Waals surface area contributed by atoms with Gasteiger partial charge in [-0.15, -0.1) is 0 Å². The summed E-state index contributed by atoms with van der Waals surface area (Å²) in [7, 11) is 0. The van der Waals surface area contributed by atoms with Crippen LogP contribution in [0.2, 0.25) is 0 Å². The molecule has 0 unspecified atom stereocenters. The van der Waals surface area contributed by atoms with Gasteiger partial charge in [0.15, 0.2) is 0 Å². The highest BCUT2D eigenvalue weighted by Gasteiger charge is 2.23. The first-order valence-electron chi connectivity index (χ1n) is 16.7. The van der Waals surface area contributed by atoms with Crippen molar-refractivity contribution in [3.63, 3.8) is 0 Å². The van der Waals surface area contributed by atoms with E-state index in [0.29, 0.717) is 0 Å². The molecule has 0 radical (unpaired) electrons. The van der Waals surface area contributed by atoms with E-state index in [1.807, 2.05) is 18.3 Å². The molecule has 3 aromatic heterocycles. The zero-order valence-electron chi connectivity index (χ0n) is 29.5. The number of benzene rings is 4. The van der Waals surface area contributed by atoms with Gasteiger partial charge in [0.05, 0.1) is 28.1 Å². The van der Waals surface area contributed by atoms with Crippen molar-refractivity contribution in [3.8, 4) is 28.7 Å². The molecule has 0 atom stereocenters. The predicted molar refractivity (Wildman–Crippen MR) is 196 cm³/mol. The molecule has 0 N–H and O–H groups in total. The molecule has 0 aliphatic heterocycles. The topological polar surface area (TPSA) is 35.9 Å². The van der Waals surface area contributed by atoms with Crippen LogP contribution < -0.4 is 9.30 Å². The number of imidazole rings is 1. The van der Waals surface area contributed by atoms with Crippen molar-refractivity contribution in [2.75, 3.05) is 0 Å². The second-order valence-electron chi connectivity index (χ2n) is 15.0. The molecular weight excluding hydrogens is 589 g/mol. The fourth-order valence-electron chi connectivity index (χ4n) is 6.51. The maximum Gasteiger partial charge on any atom is 0.269 e. The summed E-state index contributed by atoms with van der Waals surface area (Å²) in [5.74, 6) is 2.43. The highest BCUT2D eigenvalue weighted by Crippen LogP contribution is 2.36. The average molecular weight is 633 g/mol. The Hall–Kier alpha value is -5.16. The molecule has 0 aliphatic rings. The van der Waals surface area contributed by atoms with Crippen molar-refractivity contribution < 1.29 is 9.30 Å². The molecule has 0 bridgehead atoms. The number of nitrogens with zero attached hydrogens (tertiary/aromatic N) is 4. The number of pyridine rings is 1. The molecule has 3 heterocycles. The second kappa shape index (κ2) is 11.5. The minimum Gasteiger partial charge on any atom is -0.458 e. The first-order valence-corrected chi connectivity index (χ1v) is 16.7. The minimum atomic E-state index is -0.108. The molecule has 5 heteroatoms. The third-order valence-electron chi connectivity index (χ3n) is 9.55. The first-order chi connectivity index (χ1) is 22.8. The highest BCUT2D eigenvalue weighted by atomic mass is 16.5. The van der Waals surface area contributed by atoms with Gasteiger partial charge in [-0.25, -0.2) is 4.98 Å². The van der Waals surface area contributed by atoms with Gasteiger partial charge >= 0.3 is 0 Å². The van der Waals surface area contributed by atoms with Gasteiger partial charge in [0.2, 0.25) is 0 Å². The van der Waals surface area contributed by atoms with Gasteiger partial charge in [0.1, 0.15) is 17.3 Å². The van der Waals surface area contributed by atoms with Crippen molar-refractivity contribution in [2.24, 2.45) is 0 Å². The number of aryl methyl sites for hydroxylation is 1. The molecule has 0 fully saturated rings. The summed E-state index contributed by atoms with van der Waals surface area (Å²) in [4.78, 5) is 4.83. The third-order valence-corrected chi connectivity index (χ3v) is 9.55. The van der Waals surface area contributed by atoms with Gasteiger partial charge in [-0.3, -0.25) is 13.7 Å². The largest absolute Gasteiger partial charge is 0.458 e. The zero-order valence-corrected chi connectivity index (χ0v) is 29.5. The fraction of sp³-hybridized carbons (Fsp3) is 0.256. The Kier molecular flexibility index (Phi) is 7.54. The number of hydrogen-bond donors (Lipinski definition) is 0. The SMILES string of the molecule is Cc1ccc(-[n+]2[c-]n(-c3cccc(Oc4ccc5c6ccccc6n(-c6cc(C(C)(C)C)ccn6)c5c4)c3)c(C(C)(C)C)c2)c(C)c1C. The van der Waals surface area contributed by atoms with E-state index in [1.54, 1.807) is 0 Å². The fourth-order valence-corrected chi connectivity index (χ4v) is 6.51. The summed E-state index contributed by atoms with van der Waals surface area (Å²) in [5.41, 5.74) is 10.5. The van der Waals surface area contributed by atoms with Gasteiger partial charge < -0.3 is 4.74 Å². The summed E-state index contributed by atoms with van der Waals surface area (Å²) < 4.78 is 13.2. The van der Waals surface area contributed by atoms with Crippen LogP contribution in [-0.4, -0.2) is 14.1 Å². The molecular formula is C43H44N4O. The van der Waals surface area contributed by atoms with Gasteiger partial charge in [0.25, 0.3) is 6.33 Å². The van der Waals surface area contributed by atoms with Crippen LogP contribution in [0.5, 0.6) is 11.5 Å². The summed E-state index contributed by atoms with van der Waals surface area (Å²) in [6.07, 6.45) is 7.77. The molecule has 242 valence electrons. The van der Waals surface area contributed by atoms with Crippen molar-refractivity contribution in [1.29, 1.82) is 0 Å². The van der Waals surface area contributed by atoms with Crippen LogP contribution in [0, 0.1) is 27.1 Å². The highest BCUT2D eigenvalue weighted by molar-refractivity contribution is 6.09. The standard InChI is InChI=1S/C43H44N4O/c1-28-17-20-37(30(3)29(28)2)45-26-40(43(7,8)9)46(27-45)32-13-12-14-33(24-32)48-34-18-19-36-35-15-10-11-16-38(35)47(39(36)25-34)41-23-31(21-22-44-41)42(4,5)6/h10-26H,1-9H3. The number of rotatable bonds is 5. The number of hydrogen-bond acceptors (Lipinski definition) is 2. The number of fused-ring (bicyclic) bond motifs is 3. The normalized spacial score (nSPS) is 12.3. The molecule has 4 aromatic carbocycles. The molecule has 0 saturated heterocycles. The van der Waals surface area contributed by atoms with E-state index in [0.717, 1.165) is 50.8 Å².